The van der Waals surface area contributed by atoms with Crippen LogP contribution in [0.25, 0.3) is 10.9 Å². The fraction of sp³-hybridized carbons (Fsp3) is 0.278. The van der Waals surface area contributed by atoms with Crippen LogP contribution in [0.1, 0.15) is 12.0 Å². The number of rotatable bonds is 8. The van der Waals surface area contributed by atoms with Crippen molar-refractivity contribution < 1.29 is 4.74 Å². The molecule has 1 aromatic heterocycles. The molecule has 0 aliphatic carbocycles. The zero-order valence-electron chi connectivity index (χ0n) is 13.6. The third-order valence-corrected chi connectivity index (χ3v) is 3.80. The van der Waals surface area contributed by atoms with Crippen LogP contribution in [-0.4, -0.2) is 35.0 Å². The number of hydrogen-bond donors (Lipinski definition) is 0. The summed E-state index contributed by atoms with van der Waals surface area (Å²) in [6, 6.07) is 18.3. The predicted octanol–water partition coefficient (Wildman–Crippen LogP) is 3.47. The van der Waals surface area contributed by atoms with Crippen LogP contribution in [-0.2, 0) is 6.54 Å². The van der Waals surface area contributed by atoms with Crippen molar-refractivity contribution in [2.75, 3.05) is 20.2 Å². The van der Waals surface area contributed by atoms with Crippen molar-refractivity contribution in [3.63, 3.8) is 0 Å². The van der Waals surface area contributed by atoms with Gasteiger partial charge in [-0.3, -0.25) is 9.69 Å². The average Bonchev–Trinajstić information content (AvgIpc) is 2.97. The Hall–Kier alpha value is -2.89. The minimum atomic E-state index is 0.492. The standard InChI is InChI=1S/C18H20N4O2/c1-21(20-23)12-7-13-24-18-16-10-5-6-11-17(16)22(19-18)14-15-8-3-2-4-9-15/h2-6,8-11H,7,12-14H2,1H3. The third-order valence-electron chi connectivity index (χ3n) is 3.80. The molecule has 0 unspecified atom stereocenters. The molecule has 0 saturated carbocycles. The summed E-state index contributed by atoms with van der Waals surface area (Å²) in [5.41, 5.74) is 2.24. The summed E-state index contributed by atoms with van der Waals surface area (Å²) in [7, 11) is 1.65. The van der Waals surface area contributed by atoms with Gasteiger partial charge in [-0.25, -0.2) is 0 Å². The summed E-state index contributed by atoms with van der Waals surface area (Å²) in [5.74, 6) is 0.628. The van der Waals surface area contributed by atoms with E-state index in [1.165, 1.54) is 10.6 Å². The van der Waals surface area contributed by atoms with Gasteiger partial charge in [0.05, 0.1) is 29.3 Å². The maximum atomic E-state index is 10.3. The van der Waals surface area contributed by atoms with E-state index in [2.05, 4.69) is 22.5 Å². The zero-order chi connectivity index (χ0) is 16.8. The average molecular weight is 324 g/mol. The molecule has 0 fully saturated rings. The smallest absolute Gasteiger partial charge is 0.240 e. The molecule has 6 heteroatoms. The molecule has 2 aromatic carbocycles. The Morgan fingerprint density at radius 3 is 2.67 bits per heavy atom. The first kappa shape index (κ1) is 16.0. The summed E-state index contributed by atoms with van der Waals surface area (Å²) in [4.78, 5) is 10.3. The SMILES string of the molecule is CN(CCCOc1nn(Cc2ccccc2)c2ccccc12)N=O. The van der Waals surface area contributed by atoms with E-state index in [-0.39, 0.29) is 0 Å². The number of aromatic nitrogens is 2. The van der Waals surface area contributed by atoms with E-state index in [0.717, 1.165) is 10.9 Å². The Balaban J connectivity index is 1.75. The van der Waals surface area contributed by atoms with E-state index >= 15 is 0 Å². The summed E-state index contributed by atoms with van der Waals surface area (Å²) in [6.07, 6.45) is 0.710. The predicted molar refractivity (Wildman–Crippen MR) is 93.8 cm³/mol. The number of nitrogens with zero attached hydrogens (tertiary/aromatic N) is 4. The van der Waals surface area contributed by atoms with Crippen molar-refractivity contribution in [1.82, 2.24) is 14.8 Å². The van der Waals surface area contributed by atoms with E-state index in [1.54, 1.807) is 7.05 Å². The van der Waals surface area contributed by atoms with Gasteiger partial charge in [0.25, 0.3) is 0 Å². The number of ether oxygens (including phenoxy) is 1. The molecule has 1 heterocycles. The highest BCUT2D eigenvalue weighted by Gasteiger charge is 2.11. The van der Waals surface area contributed by atoms with E-state index < -0.39 is 0 Å². The number of nitroso groups, excluding NO2 is 1. The van der Waals surface area contributed by atoms with Gasteiger partial charge in [0, 0.05) is 20.0 Å². The first-order valence-corrected chi connectivity index (χ1v) is 7.94. The normalized spacial score (nSPS) is 10.7. The lowest BCUT2D eigenvalue weighted by Gasteiger charge is -2.08. The van der Waals surface area contributed by atoms with Gasteiger partial charge < -0.3 is 4.74 Å². The molecular weight excluding hydrogens is 304 g/mol. The maximum absolute atomic E-state index is 10.3. The summed E-state index contributed by atoms with van der Waals surface area (Å²) >= 11 is 0. The van der Waals surface area contributed by atoms with Crippen LogP contribution in [0.2, 0.25) is 0 Å². The summed E-state index contributed by atoms with van der Waals surface area (Å²) in [6.45, 7) is 1.75. The summed E-state index contributed by atoms with van der Waals surface area (Å²) < 4.78 is 7.79. The Kier molecular flexibility index (Phi) is 5.05. The van der Waals surface area contributed by atoms with E-state index in [9.17, 15) is 4.91 Å². The fourth-order valence-corrected chi connectivity index (χ4v) is 2.58. The van der Waals surface area contributed by atoms with Crippen LogP contribution in [0.3, 0.4) is 0 Å². The number of para-hydroxylation sites is 1. The molecule has 3 rings (SSSR count). The van der Waals surface area contributed by atoms with E-state index in [0.29, 0.717) is 32.0 Å². The van der Waals surface area contributed by atoms with Crippen molar-refractivity contribution in [2.24, 2.45) is 5.29 Å². The minimum Gasteiger partial charge on any atom is -0.476 e. The highest BCUT2D eigenvalue weighted by molar-refractivity contribution is 5.84. The maximum Gasteiger partial charge on any atom is 0.240 e. The van der Waals surface area contributed by atoms with Crippen LogP contribution in [0.15, 0.2) is 59.9 Å². The van der Waals surface area contributed by atoms with Crippen molar-refractivity contribution >= 4 is 10.9 Å². The van der Waals surface area contributed by atoms with Crippen LogP contribution in [0.4, 0.5) is 0 Å². The molecule has 0 aliphatic rings. The van der Waals surface area contributed by atoms with Crippen LogP contribution in [0, 0.1) is 4.91 Å². The Morgan fingerprint density at radius 1 is 1.12 bits per heavy atom. The lowest BCUT2D eigenvalue weighted by atomic mass is 10.2. The topological polar surface area (TPSA) is 59.7 Å². The number of fused-ring (bicyclic) bond motifs is 1. The van der Waals surface area contributed by atoms with Gasteiger partial charge >= 0.3 is 0 Å². The van der Waals surface area contributed by atoms with Gasteiger partial charge in [0.15, 0.2) is 0 Å². The molecule has 6 nitrogen and oxygen atoms in total. The second-order valence-corrected chi connectivity index (χ2v) is 5.63. The summed E-state index contributed by atoms with van der Waals surface area (Å²) in [5, 5.41) is 9.81. The quantitative estimate of drug-likeness (QED) is 0.362. The molecule has 0 radical (unpaired) electrons. The molecule has 0 bridgehead atoms. The fourth-order valence-electron chi connectivity index (χ4n) is 2.58. The largest absolute Gasteiger partial charge is 0.476 e. The molecule has 0 saturated heterocycles. The molecule has 124 valence electrons. The monoisotopic (exact) mass is 324 g/mol. The minimum absolute atomic E-state index is 0.492. The second kappa shape index (κ2) is 7.59. The van der Waals surface area contributed by atoms with Gasteiger partial charge in [-0.1, -0.05) is 42.5 Å². The lowest BCUT2D eigenvalue weighted by Crippen LogP contribution is -2.14. The zero-order valence-corrected chi connectivity index (χ0v) is 13.6. The van der Waals surface area contributed by atoms with Gasteiger partial charge in [-0.15, -0.1) is 10.0 Å². The van der Waals surface area contributed by atoms with Crippen molar-refractivity contribution in [2.45, 2.75) is 13.0 Å². The Morgan fingerprint density at radius 2 is 1.88 bits per heavy atom. The molecule has 0 amide bonds. The second-order valence-electron chi connectivity index (χ2n) is 5.63. The first-order chi connectivity index (χ1) is 11.8. The molecular formula is C18H20N4O2. The number of benzene rings is 2. The third kappa shape index (κ3) is 3.71. The molecule has 3 aromatic rings. The first-order valence-electron chi connectivity index (χ1n) is 7.94. The van der Waals surface area contributed by atoms with Gasteiger partial charge in [0.2, 0.25) is 5.88 Å². The van der Waals surface area contributed by atoms with E-state index in [4.69, 9.17) is 4.74 Å². The highest BCUT2D eigenvalue weighted by atomic mass is 16.5. The molecule has 0 aliphatic heterocycles. The highest BCUT2D eigenvalue weighted by Crippen LogP contribution is 2.25. The molecule has 0 atom stereocenters. The van der Waals surface area contributed by atoms with Gasteiger partial charge in [-0.2, -0.15) is 0 Å². The van der Waals surface area contributed by atoms with Crippen LogP contribution in [0.5, 0.6) is 5.88 Å². The van der Waals surface area contributed by atoms with Crippen molar-refractivity contribution in [3.05, 3.63) is 65.1 Å². The lowest BCUT2D eigenvalue weighted by molar-refractivity contribution is 0.260. The van der Waals surface area contributed by atoms with Gasteiger partial charge in [-0.05, 0) is 17.7 Å². The van der Waals surface area contributed by atoms with Gasteiger partial charge in [0.1, 0.15) is 0 Å². The molecule has 0 spiro atoms. The molecule has 0 N–H and O–H groups in total. The van der Waals surface area contributed by atoms with Crippen LogP contribution >= 0.6 is 0 Å². The Labute approximate surface area is 140 Å². The van der Waals surface area contributed by atoms with E-state index in [1.807, 2.05) is 47.1 Å². The number of hydrogen-bond acceptors (Lipinski definition) is 4. The Bertz CT molecular complexity index is 801. The molecule has 24 heavy (non-hydrogen) atoms. The van der Waals surface area contributed by atoms with Crippen molar-refractivity contribution in [3.8, 4) is 5.88 Å². The van der Waals surface area contributed by atoms with Crippen molar-refractivity contribution in [1.29, 1.82) is 0 Å². The van der Waals surface area contributed by atoms with Crippen LogP contribution < -0.4 is 4.74 Å².